The molecule has 0 atom stereocenters. The van der Waals surface area contributed by atoms with Crippen LogP contribution in [-0.4, -0.2) is 9.97 Å². The van der Waals surface area contributed by atoms with Crippen molar-refractivity contribution in [3.8, 4) is 33.6 Å². The zero-order valence-electron chi connectivity index (χ0n) is 26.9. The molecule has 0 amide bonds. The lowest BCUT2D eigenvalue weighted by Gasteiger charge is -2.19. The zero-order chi connectivity index (χ0) is 30.4. The average Bonchev–Trinajstić information content (AvgIpc) is 3.45. The normalized spacial score (nSPS) is 12.1. The van der Waals surface area contributed by atoms with Gasteiger partial charge in [0.05, 0.1) is 11.0 Å². The summed E-state index contributed by atoms with van der Waals surface area (Å²) in [6.45, 7) is 18.1. The molecule has 0 saturated carbocycles. The van der Waals surface area contributed by atoms with Gasteiger partial charge in [-0.25, -0.2) is 4.98 Å². The number of hydrogen-bond donors (Lipinski definition) is 1. The molecule has 1 aromatic heterocycles. The summed E-state index contributed by atoms with van der Waals surface area (Å²) in [5.74, 6) is 2.67. The maximum Gasteiger partial charge on any atom is 0.138 e. The highest BCUT2D eigenvalue weighted by atomic mass is 14.9. The van der Waals surface area contributed by atoms with Gasteiger partial charge in [0, 0.05) is 11.1 Å². The molecule has 0 aliphatic heterocycles. The van der Waals surface area contributed by atoms with Crippen molar-refractivity contribution in [2.45, 2.75) is 79.1 Å². The Morgan fingerprint density at radius 1 is 0.512 bits per heavy atom. The van der Waals surface area contributed by atoms with Crippen LogP contribution in [0.4, 0.5) is 0 Å². The Morgan fingerprint density at radius 2 is 1.07 bits per heavy atom. The predicted octanol–water partition coefficient (Wildman–Crippen LogP) is 12.2. The van der Waals surface area contributed by atoms with Gasteiger partial charge in [0.25, 0.3) is 0 Å². The van der Waals surface area contributed by atoms with E-state index in [9.17, 15) is 0 Å². The molecule has 0 aliphatic rings. The number of nitrogens with one attached hydrogen (secondary N) is 1. The lowest BCUT2D eigenvalue weighted by molar-refractivity contribution is 0.867. The Balaban J connectivity index is 1.62. The number of benzene rings is 5. The van der Waals surface area contributed by atoms with Crippen LogP contribution in [0.3, 0.4) is 0 Å². The van der Waals surface area contributed by atoms with Crippen LogP contribution in [-0.2, 0) is 0 Å². The Bertz CT molecular complexity index is 1900. The van der Waals surface area contributed by atoms with E-state index in [0.717, 1.165) is 16.9 Å². The number of H-pyrrole nitrogens is 1. The summed E-state index contributed by atoms with van der Waals surface area (Å²) in [5, 5.41) is 2.59. The fourth-order valence-corrected chi connectivity index (χ4v) is 6.50. The molecular formula is C41H44N2. The van der Waals surface area contributed by atoms with Gasteiger partial charge in [-0.15, -0.1) is 0 Å². The van der Waals surface area contributed by atoms with Crippen LogP contribution in [0.2, 0.25) is 0 Å². The zero-order valence-corrected chi connectivity index (χ0v) is 26.9. The summed E-state index contributed by atoms with van der Waals surface area (Å²) in [6, 6.07) is 33.9. The Labute approximate surface area is 257 Å². The van der Waals surface area contributed by atoms with E-state index < -0.39 is 0 Å². The third-order valence-electron chi connectivity index (χ3n) is 8.99. The van der Waals surface area contributed by atoms with Crippen molar-refractivity contribution in [3.63, 3.8) is 0 Å². The molecule has 2 heteroatoms. The maximum absolute atomic E-state index is 5.43. The molecule has 0 aliphatic carbocycles. The minimum absolute atomic E-state index is 0.332. The van der Waals surface area contributed by atoms with Crippen molar-refractivity contribution in [3.05, 3.63) is 113 Å². The van der Waals surface area contributed by atoms with E-state index in [1.165, 1.54) is 60.8 Å². The van der Waals surface area contributed by atoms with E-state index >= 15 is 0 Å². The number of aromatic nitrogens is 2. The average molecular weight is 565 g/mol. The van der Waals surface area contributed by atoms with Crippen molar-refractivity contribution in [1.29, 1.82) is 0 Å². The van der Waals surface area contributed by atoms with Gasteiger partial charge in [-0.3, -0.25) is 0 Å². The van der Waals surface area contributed by atoms with Gasteiger partial charge >= 0.3 is 0 Å². The van der Waals surface area contributed by atoms with E-state index in [1.54, 1.807) is 0 Å². The molecule has 43 heavy (non-hydrogen) atoms. The first-order valence-corrected chi connectivity index (χ1v) is 15.9. The third kappa shape index (κ3) is 5.29. The number of hydrogen-bond acceptors (Lipinski definition) is 1. The summed E-state index contributed by atoms with van der Waals surface area (Å²) < 4.78 is 0. The molecule has 6 aromatic rings. The van der Waals surface area contributed by atoms with E-state index in [1.807, 2.05) is 0 Å². The molecular weight excluding hydrogens is 520 g/mol. The van der Waals surface area contributed by atoms with Crippen LogP contribution >= 0.6 is 0 Å². The van der Waals surface area contributed by atoms with Crippen molar-refractivity contribution >= 4 is 21.8 Å². The van der Waals surface area contributed by atoms with Crippen LogP contribution in [0.5, 0.6) is 0 Å². The molecule has 0 fully saturated rings. The molecule has 2 nitrogen and oxygen atoms in total. The first-order chi connectivity index (χ1) is 20.6. The monoisotopic (exact) mass is 564 g/mol. The molecule has 0 spiro atoms. The van der Waals surface area contributed by atoms with Gasteiger partial charge in [-0.1, -0.05) is 140 Å². The van der Waals surface area contributed by atoms with Crippen LogP contribution in [0.15, 0.2) is 91.0 Å². The fraction of sp³-hybridized carbons (Fsp3) is 0.293. The van der Waals surface area contributed by atoms with Gasteiger partial charge in [0.1, 0.15) is 5.82 Å². The van der Waals surface area contributed by atoms with E-state index in [2.05, 4.69) is 151 Å². The first kappa shape index (κ1) is 28.9. The molecule has 0 saturated heterocycles. The van der Waals surface area contributed by atoms with Gasteiger partial charge < -0.3 is 4.98 Å². The van der Waals surface area contributed by atoms with Crippen LogP contribution in [0.1, 0.15) is 101 Å². The maximum atomic E-state index is 5.43. The number of aromatic amines is 1. The van der Waals surface area contributed by atoms with Crippen LogP contribution in [0, 0.1) is 0 Å². The molecule has 0 bridgehead atoms. The van der Waals surface area contributed by atoms with E-state index in [0.29, 0.717) is 23.7 Å². The lowest BCUT2D eigenvalue weighted by Crippen LogP contribution is -1.98. The van der Waals surface area contributed by atoms with Gasteiger partial charge in [0.15, 0.2) is 0 Å². The Hall–Kier alpha value is -4.17. The third-order valence-corrected chi connectivity index (χ3v) is 8.99. The summed E-state index contributed by atoms with van der Waals surface area (Å²) >= 11 is 0. The largest absolute Gasteiger partial charge is 0.338 e. The topological polar surface area (TPSA) is 28.7 Å². The van der Waals surface area contributed by atoms with E-state index in [4.69, 9.17) is 4.98 Å². The highest BCUT2D eigenvalue weighted by Gasteiger charge is 2.22. The molecule has 1 heterocycles. The van der Waals surface area contributed by atoms with Crippen molar-refractivity contribution in [1.82, 2.24) is 9.97 Å². The van der Waals surface area contributed by atoms with E-state index in [-0.39, 0.29) is 0 Å². The number of rotatable bonds is 7. The molecule has 218 valence electrons. The minimum atomic E-state index is 0.332. The second-order valence-electron chi connectivity index (χ2n) is 13.3. The smallest absolute Gasteiger partial charge is 0.138 e. The summed E-state index contributed by atoms with van der Waals surface area (Å²) in [5.41, 5.74) is 13.6. The minimum Gasteiger partial charge on any atom is -0.338 e. The Morgan fingerprint density at radius 3 is 1.60 bits per heavy atom. The molecule has 5 aromatic carbocycles. The Kier molecular flexibility index (Phi) is 7.73. The van der Waals surface area contributed by atoms with Crippen LogP contribution in [0.25, 0.3) is 55.4 Å². The number of imidazole rings is 1. The highest BCUT2D eigenvalue weighted by molar-refractivity contribution is 6.04. The first-order valence-electron chi connectivity index (χ1n) is 15.9. The lowest BCUT2D eigenvalue weighted by atomic mass is 9.86. The van der Waals surface area contributed by atoms with Crippen molar-refractivity contribution < 1.29 is 0 Å². The summed E-state index contributed by atoms with van der Waals surface area (Å²) in [6.07, 6.45) is 0. The van der Waals surface area contributed by atoms with Gasteiger partial charge in [-0.05, 0) is 79.5 Å². The second-order valence-corrected chi connectivity index (χ2v) is 13.3. The molecule has 6 rings (SSSR count). The number of fused-ring (bicyclic) bond motifs is 2. The summed E-state index contributed by atoms with van der Waals surface area (Å²) in [4.78, 5) is 9.28. The van der Waals surface area contributed by atoms with Gasteiger partial charge in [0.2, 0.25) is 0 Å². The second kappa shape index (κ2) is 11.5. The van der Waals surface area contributed by atoms with Crippen molar-refractivity contribution in [2.24, 2.45) is 0 Å². The standard InChI is InChI=1S/C41H44N2/c1-24(2)28-13-17-30(18-14-28)33-22-21-32(26(5)6)39-40(33)43-41(42-39)37-23-36(31-19-15-29(16-20-31)25(3)4)34-11-9-10-12-35(34)38(37)27(7)8/h9-27H,1-8H3,(H,42,43). The SMILES string of the molecule is CC(C)c1ccc(-c2cc(-c3nc4c(-c5ccc(C(C)C)cc5)ccc(C(C)C)c4[nH]3)c(C(C)C)c3ccccc23)cc1. The highest BCUT2D eigenvalue weighted by Crippen LogP contribution is 2.42. The predicted molar refractivity (Wildman–Crippen MR) is 186 cm³/mol. The fourth-order valence-electron chi connectivity index (χ4n) is 6.50. The summed E-state index contributed by atoms with van der Waals surface area (Å²) in [7, 11) is 0. The molecule has 1 N–H and O–H groups in total. The molecule has 0 radical (unpaired) electrons. The molecule has 0 unspecified atom stereocenters. The van der Waals surface area contributed by atoms with Crippen molar-refractivity contribution in [2.75, 3.05) is 0 Å². The van der Waals surface area contributed by atoms with Crippen LogP contribution < -0.4 is 0 Å². The quantitative estimate of drug-likeness (QED) is 0.205. The van der Waals surface area contributed by atoms with Gasteiger partial charge in [-0.2, -0.15) is 0 Å². The number of nitrogens with zero attached hydrogens (tertiary/aromatic N) is 1.